The Morgan fingerprint density at radius 3 is 3.00 bits per heavy atom. The van der Waals surface area contributed by atoms with Crippen LogP contribution in [0.5, 0.6) is 0 Å². The van der Waals surface area contributed by atoms with Gasteiger partial charge in [-0.1, -0.05) is 18.2 Å². The average molecular weight is 153 g/mol. The molecule has 2 nitrogen and oxygen atoms in total. The number of nitrogens with one attached hydrogen (secondary N) is 1. The predicted octanol–water partition coefficient (Wildman–Crippen LogP) is 0.812. The van der Waals surface area contributed by atoms with E-state index in [1.54, 1.807) is 0 Å². The zero-order valence-corrected chi connectivity index (χ0v) is 6.15. The molecule has 1 atom stereocenters. The molecule has 1 aliphatic heterocycles. The van der Waals surface area contributed by atoms with Crippen LogP contribution >= 0.6 is 0 Å². The van der Waals surface area contributed by atoms with Crippen molar-refractivity contribution < 1.29 is 4.55 Å². The first-order chi connectivity index (χ1) is 4.88. The third-order valence-corrected chi connectivity index (χ3v) is 2.77. The molecular formula is C7H7NOS. The lowest BCUT2D eigenvalue weighted by Crippen LogP contribution is -2.13. The zero-order valence-electron chi connectivity index (χ0n) is 5.33. The van der Waals surface area contributed by atoms with E-state index in [1.165, 1.54) is 0 Å². The van der Waals surface area contributed by atoms with Gasteiger partial charge in [0.1, 0.15) is 0 Å². The molecule has 0 radical (unpaired) electrons. The van der Waals surface area contributed by atoms with Gasteiger partial charge in [-0.05, 0) is 6.07 Å². The summed E-state index contributed by atoms with van der Waals surface area (Å²) in [5.74, 6) is 0. The van der Waals surface area contributed by atoms with Crippen LogP contribution < -0.4 is 4.72 Å². The maximum absolute atomic E-state index is 11.1. The lowest BCUT2D eigenvalue weighted by Gasteiger charge is -1.99. The summed E-state index contributed by atoms with van der Waals surface area (Å²) in [6.45, 7) is 0.739. The minimum absolute atomic E-state index is 0.739. The average Bonchev–Trinajstić information content (AvgIpc) is 2.34. The van der Waals surface area contributed by atoms with Gasteiger partial charge in [0.05, 0.1) is 17.9 Å². The predicted molar refractivity (Wildman–Crippen MR) is 39.7 cm³/mol. The Balaban J connectivity index is 2.51. The molecule has 3 heteroatoms. The molecule has 10 heavy (non-hydrogen) atoms. The monoisotopic (exact) mass is 153 g/mol. The Morgan fingerprint density at radius 2 is 2.20 bits per heavy atom. The van der Waals surface area contributed by atoms with Gasteiger partial charge in [0.25, 0.3) is 0 Å². The Kier molecular flexibility index (Phi) is 1.41. The van der Waals surface area contributed by atoms with Crippen LogP contribution in [0.25, 0.3) is 0 Å². The molecule has 1 unspecified atom stereocenters. The molecule has 0 spiro atoms. The van der Waals surface area contributed by atoms with Gasteiger partial charge >= 0.3 is 0 Å². The largest absolute Gasteiger partial charge is 0.593 e. The Morgan fingerprint density at radius 1 is 1.40 bits per heavy atom. The van der Waals surface area contributed by atoms with E-state index < -0.39 is 11.4 Å². The molecule has 0 saturated carbocycles. The second kappa shape index (κ2) is 2.27. The van der Waals surface area contributed by atoms with E-state index in [9.17, 15) is 4.55 Å². The molecule has 0 bridgehead atoms. The van der Waals surface area contributed by atoms with Crippen LogP contribution in [0.1, 0.15) is 5.56 Å². The Bertz CT molecular complexity index is 251. The van der Waals surface area contributed by atoms with Gasteiger partial charge in [-0.25, -0.2) is 0 Å². The van der Waals surface area contributed by atoms with E-state index in [2.05, 4.69) is 4.72 Å². The Labute approximate surface area is 62.6 Å². The van der Waals surface area contributed by atoms with Crippen LogP contribution in [0.2, 0.25) is 0 Å². The lowest BCUT2D eigenvalue weighted by atomic mass is 10.2. The van der Waals surface area contributed by atoms with Crippen LogP contribution in [-0.2, 0) is 17.9 Å². The maximum Gasteiger partial charge on any atom is 0.178 e. The van der Waals surface area contributed by atoms with Gasteiger partial charge in [0.15, 0.2) is 4.90 Å². The van der Waals surface area contributed by atoms with E-state index in [-0.39, 0.29) is 0 Å². The standard InChI is InChI=1S/C7H7NOS/c9-10-7-4-2-1-3-6(7)5-8-10/h1-4,8H,5H2. The van der Waals surface area contributed by atoms with E-state index in [0.717, 1.165) is 17.0 Å². The molecule has 1 aromatic carbocycles. The van der Waals surface area contributed by atoms with Gasteiger partial charge in [0.2, 0.25) is 0 Å². The highest BCUT2D eigenvalue weighted by molar-refractivity contribution is 7.89. The van der Waals surface area contributed by atoms with Gasteiger partial charge in [-0.2, -0.15) is 0 Å². The summed E-state index contributed by atoms with van der Waals surface area (Å²) in [7, 11) is 0. The van der Waals surface area contributed by atoms with Crippen LogP contribution in [-0.4, -0.2) is 4.55 Å². The molecule has 0 aliphatic carbocycles. The van der Waals surface area contributed by atoms with Crippen molar-refractivity contribution in [2.45, 2.75) is 11.4 Å². The fraction of sp³-hybridized carbons (Fsp3) is 0.143. The minimum Gasteiger partial charge on any atom is -0.593 e. The topological polar surface area (TPSA) is 35.1 Å². The molecule has 1 N–H and O–H groups in total. The summed E-state index contributed by atoms with van der Waals surface area (Å²) < 4.78 is 13.9. The highest BCUT2D eigenvalue weighted by Crippen LogP contribution is 2.20. The molecule has 0 fully saturated rings. The molecule has 1 heterocycles. The molecule has 1 aliphatic rings. The van der Waals surface area contributed by atoms with Crippen LogP contribution in [0, 0.1) is 0 Å². The smallest absolute Gasteiger partial charge is 0.178 e. The van der Waals surface area contributed by atoms with E-state index in [1.807, 2.05) is 24.3 Å². The van der Waals surface area contributed by atoms with Crippen molar-refractivity contribution in [1.82, 2.24) is 4.72 Å². The summed E-state index contributed by atoms with van der Waals surface area (Å²) in [5.41, 5.74) is 1.15. The van der Waals surface area contributed by atoms with E-state index in [4.69, 9.17) is 0 Å². The quantitative estimate of drug-likeness (QED) is 0.560. The summed E-state index contributed by atoms with van der Waals surface area (Å²) in [5, 5.41) is 0. The van der Waals surface area contributed by atoms with Crippen LogP contribution in [0.4, 0.5) is 0 Å². The number of hydrogen-bond acceptors (Lipinski definition) is 2. The zero-order chi connectivity index (χ0) is 6.97. The molecule has 0 saturated heterocycles. The van der Waals surface area contributed by atoms with Gasteiger partial charge < -0.3 is 4.55 Å². The van der Waals surface area contributed by atoms with Gasteiger partial charge in [-0.3, -0.25) is 0 Å². The molecule has 52 valence electrons. The SMILES string of the molecule is [O-][S+]1NCc2ccccc21. The second-order valence-corrected chi connectivity index (χ2v) is 3.46. The maximum atomic E-state index is 11.1. The first-order valence-corrected chi connectivity index (χ1v) is 4.26. The minimum atomic E-state index is -0.948. The highest BCUT2D eigenvalue weighted by atomic mass is 32.2. The molecule has 0 amide bonds. The van der Waals surface area contributed by atoms with Crippen molar-refractivity contribution in [2.24, 2.45) is 0 Å². The number of rotatable bonds is 0. The van der Waals surface area contributed by atoms with Crippen molar-refractivity contribution in [3.8, 4) is 0 Å². The first-order valence-electron chi connectivity index (χ1n) is 3.11. The normalized spacial score (nSPS) is 22.7. The van der Waals surface area contributed by atoms with Crippen molar-refractivity contribution in [2.75, 3.05) is 0 Å². The number of hydrogen-bond donors (Lipinski definition) is 1. The third kappa shape index (κ3) is 0.831. The Hall–Kier alpha value is -0.510. The summed E-state index contributed by atoms with van der Waals surface area (Å²) in [4.78, 5) is 0.933. The molecular weight excluding hydrogens is 146 g/mol. The molecule has 1 aromatic rings. The van der Waals surface area contributed by atoms with Crippen molar-refractivity contribution >= 4 is 11.4 Å². The number of benzene rings is 1. The van der Waals surface area contributed by atoms with Crippen molar-refractivity contribution in [1.29, 1.82) is 0 Å². The first kappa shape index (κ1) is 6.22. The fourth-order valence-corrected chi connectivity index (χ4v) is 2.07. The van der Waals surface area contributed by atoms with E-state index >= 15 is 0 Å². The fourth-order valence-electron chi connectivity index (χ4n) is 1.05. The van der Waals surface area contributed by atoms with Crippen LogP contribution in [0.15, 0.2) is 29.2 Å². The third-order valence-electron chi connectivity index (χ3n) is 1.57. The van der Waals surface area contributed by atoms with Gasteiger partial charge in [0, 0.05) is 5.56 Å². The molecule has 0 aromatic heterocycles. The van der Waals surface area contributed by atoms with E-state index in [0.29, 0.717) is 0 Å². The van der Waals surface area contributed by atoms with Crippen molar-refractivity contribution in [3.63, 3.8) is 0 Å². The summed E-state index contributed by atoms with van der Waals surface area (Å²) in [6.07, 6.45) is 0. The second-order valence-electron chi connectivity index (χ2n) is 2.20. The summed E-state index contributed by atoms with van der Waals surface area (Å²) in [6, 6.07) is 7.76. The number of fused-ring (bicyclic) bond motifs is 1. The van der Waals surface area contributed by atoms with Crippen molar-refractivity contribution in [3.05, 3.63) is 29.8 Å². The summed E-state index contributed by atoms with van der Waals surface area (Å²) >= 11 is -0.948. The lowest BCUT2D eigenvalue weighted by molar-refractivity contribution is 0.588. The highest BCUT2D eigenvalue weighted by Gasteiger charge is 2.22. The van der Waals surface area contributed by atoms with Crippen LogP contribution in [0.3, 0.4) is 0 Å². The molecule has 2 rings (SSSR count). The van der Waals surface area contributed by atoms with Gasteiger partial charge in [-0.15, -0.1) is 4.72 Å².